The van der Waals surface area contributed by atoms with Crippen LogP contribution in [0, 0.1) is 12.8 Å². The van der Waals surface area contributed by atoms with E-state index in [4.69, 9.17) is 4.42 Å². The molecule has 1 N–H and O–H groups in total. The Morgan fingerprint density at radius 1 is 1.28 bits per heavy atom. The van der Waals surface area contributed by atoms with Gasteiger partial charge in [-0.3, -0.25) is 4.99 Å². The normalized spacial score (nSPS) is 16.3. The number of oxazole rings is 1. The van der Waals surface area contributed by atoms with Gasteiger partial charge in [0.1, 0.15) is 6.26 Å². The van der Waals surface area contributed by atoms with Gasteiger partial charge in [-0.1, -0.05) is 24.6 Å². The second-order valence-electron chi connectivity index (χ2n) is 6.90. The zero-order chi connectivity index (χ0) is 17.6. The first kappa shape index (κ1) is 17.5. The van der Waals surface area contributed by atoms with Crippen molar-refractivity contribution >= 4 is 5.96 Å². The fourth-order valence-corrected chi connectivity index (χ4v) is 3.11. The third kappa shape index (κ3) is 4.62. The molecule has 0 spiro atoms. The Morgan fingerprint density at radius 3 is 2.68 bits per heavy atom. The van der Waals surface area contributed by atoms with E-state index >= 15 is 0 Å². The van der Waals surface area contributed by atoms with Gasteiger partial charge < -0.3 is 14.6 Å². The maximum atomic E-state index is 5.62. The van der Waals surface area contributed by atoms with Crippen LogP contribution in [0.5, 0.6) is 0 Å². The quantitative estimate of drug-likeness (QED) is 0.684. The maximum Gasteiger partial charge on any atom is 0.226 e. The molecule has 1 saturated heterocycles. The number of piperidine rings is 1. The van der Waals surface area contributed by atoms with E-state index in [1.54, 1.807) is 6.26 Å². The van der Waals surface area contributed by atoms with Crippen molar-refractivity contribution in [1.82, 2.24) is 15.2 Å². The number of benzene rings is 1. The highest BCUT2D eigenvalue weighted by atomic mass is 16.3. The van der Waals surface area contributed by atoms with Gasteiger partial charge in [-0.05, 0) is 37.8 Å². The predicted octanol–water partition coefficient (Wildman–Crippen LogP) is 3.50. The molecule has 0 amide bonds. The third-order valence-corrected chi connectivity index (χ3v) is 4.81. The van der Waals surface area contributed by atoms with Crippen molar-refractivity contribution < 1.29 is 4.42 Å². The van der Waals surface area contributed by atoms with Crippen molar-refractivity contribution in [2.24, 2.45) is 10.9 Å². The van der Waals surface area contributed by atoms with Crippen molar-refractivity contribution in [3.8, 4) is 11.5 Å². The van der Waals surface area contributed by atoms with E-state index in [1.165, 1.54) is 18.4 Å². The summed E-state index contributed by atoms with van der Waals surface area (Å²) in [5, 5.41) is 3.45. The molecular weight excluding hydrogens is 312 g/mol. The van der Waals surface area contributed by atoms with Gasteiger partial charge in [-0.25, -0.2) is 4.98 Å². The highest BCUT2D eigenvalue weighted by molar-refractivity contribution is 5.79. The van der Waals surface area contributed by atoms with Gasteiger partial charge in [0.2, 0.25) is 5.89 Å². The lowest BCUT2D eigenvalue weighted by Gasteiger charge is -2.32. The molecule has 25 heavy (non-hydrogen) atoms. The molecule has 1 aromatic heterocycles. The van der Waals surface area contributed by atoms with Crippen LogP contribution in [-0.4, -0.2) is 42.5 Å². The lowest BCUT2D eigenvalue weighted by atomic mass is 10.00. The monoisotopic (exact) mass is 340 g/mol. The van der Waals surface area contributed by atoms with Gasteiger partial charge in [-0.2, -0.15) is 0 Å². The summed E-state index contributed by atoms with van der Waals surface area (Å²) < 4.78 is 5.62. The Morgan fingerprint density at radius 2 is 2.00 bits per heavy atom. The Hall–Kier alpha value is -2.30. The number of likely N-dealkylation sites (tertiary alicyclic amines) is 1. The minimum atomic E-state index is 0.685. The average Bonchev–Trinajstić information content (AvgIpc) is 3.09. The summed E-state index contributed by atoms with van der Waals surface area (Å²) in [5.74, 6) is 2.50. The van der Waals surface area contributed by atoms with Crippen molar-refractivity contribution in [2.75, 3.05) is 26.7 Å². The van der Waals surface area contributed by atoms with Crippen LogP contribution in [0.15, 0.2) is 39.9 Å². The topological polar surface area (TPSA) is 53.7 Å². The molecule has 1 aliphatic rings. The van der Waals surface area contributed by atoms with E-state index in [-0.39, 0.29) is 0 Å². The van der Waals surface area contributed by atoms with E-state index in [1.807, 2.05) is 19.2 Å². The minimum absolute atomic E-state index is 0.685. The SMILES string of the molecule is CN=C(NCCc1coc(-c2ccc(C)cc2)n1)N1CCC(C)CC1. The minimum Gasteiger partial charge on any atom is -0.444 e. The Kier molecular flexibility index (Phi) is 5.74. The molecule has 0 aliphatic carbocycles. The predicted molar refractivity (Wildman–Crippen MR) is 102 cm³/mol. The molecule has 3 rings (SSSR count). The van der Waals surface area contributed by atoms with Crippen LogP contribution in [0.1, 0.15) is 31.0 Å². The second kappa shape index (κ2) is 8.19. The van der Waals surface area contributed by atoms with Gasteiger partial charge in [0.25, 0.3) is 0 Å². The number of nitrogens with one attached hydrogen (secondary N) is 1. The zero-order valence-corrected chi connectivity index (χ0v) is 15.5. The number of hydrogen-bond acceptors (Lipinski definition) is 3. The molecule has 134 valence electrons. The smallest absolute Gasteiger partial charge is 0.226 e. The Labute approximate surface area is 150 Å². The number of hydrogen-bond donors (Lipinski definition) is 1. The molecule has 5 heteroatoms. The standard InChI is InChI=1S/C20H28N4O/c1-15-4-6-17(7-5-15)19-23-18(14-25-19)8-11-22-20(21-3)24-12-9-16(2)10-13-24/h4-7,14,16H,8-13H2,1-3H3,(H,21,22). The Bertz CT molecular complexity index is 697. The number of guanidine groups is 1. The van der Waals surface area contributed by atoms with Gasteiger partial charge in [0.15, 0.2) is 5.96 Å². The molecule has 0 atom stereocenters. The summed E-state index contributed by atoms with van der Waals surface area (Å²) in [6.45, 7) is 7.37. The summed E-state index contributed by atoms with van der Waals surface area (Å²) in [5.41, 5.74) is 3.21. The first-order valence-electron chi connectivity index (χ1n) is 9.12. The summed E-state index contributed by atoms with van der Waals surface area (Å²) >= 11 is 0. The zero-order valence-electron chi connectivity index (χ0n) is 15.5. The van der Waals surface area contributed by atoms with Crippen LogP contribution in [0.4, 0.5) is 0 Å². The average molecular weight is 340 g/mol. The molecule has 5 nitrogen and oxygen atoms in total. The highest BCUT2D eigenvalue weighted by Gasteiger charge is 2.18. The van der Waals surface area contributed by atoms with Crippen LogP contribution in [0.2, 0.25) is 0 Å². The van der Waals surface area contributed by atoms with E-state index in [0.29, 0.717) is 5.89 Å². The lowest BCUT2D eigenvalue weighted by molar-refractivity contribution is 0.273. The molecule has 2 aromatic rings. The van der Waals surface area contributed by atoms with Crippen molar-refractivity contribution in [3.05, 3.63) is 41.8 Å². The number of aromatic nitrogens is 1. The molecule has 0 bridgehead atoms. The van der Waals surface area contributed by atoms with Crippen LogP contribution in [-0.2, 0) is 6.42 Å². The van der Waals surface area contributed by atoms with Crippen LogP contribution in [0.3, 0.4) is 0 Å². The van der Waals surface area contributed by atoms with Crippen LogP contribution in [0.25, 0.3) is 11.5 Å². The lowest BCUT2D eigenvalue weighted by Crippen LogP contribution is -2.45. The molecule has 2 heterocycles. The molecule has 0 saturated carbocycles. The molecule has 1 fully saturated rings. The maximum absolute atomic E-state index is 5.62. The summed E-state index contributed by atoms with van der Waals surface area (Å²) in [6.07, 6.45) is 5.05. The van der Waals surface area contributed by atoms with E-state index in [0.717, 1.165) is 49.2 Å². The van der Waals surface area contributed by atoms with Crippen LogP contribution < -0.4 is 5.32 Å². The molecule has 0 radical (unpaired) electrons. The van der Waals surface area contributed by atoms with Gasteiger partial charge in [0, 0.05) is 38.7 Å². The number of aryl methyl sites for hydroxylation is 1. The fraction of sp³-hybridized carbons (Fsp3) is 0.500. The number of rotatable bonds is 4. The first-order chi connectivity index (χ1) is 12.2. The summed E-state index contributed by atoms with van der Waals surface area (Å²) in [7, 11) is 1.85. The summed E-state index contributed by atoms with van der Waals surface area (Å²) in [4.78, 5) is 11.4. The van der Waals surface area contributed by atoms with E-state index in [9.17, 15) is 0 Å². The van der Waals surface area contributed by atoms with Crippen molar-refractivity contribution in [2.45, 2.75) is 33.1 Å². The van der Waals surface area contributed by atoms with E-state index in [2.05, 4.69) is 46.2 Å². The molecule has 0 unspecified atom stereocenters. The van der Waals surface area contributed by atoms with Crippen LogP contribution >= 0.6 is 0 Å². The van der Waals surface area contributed by atoms with Gasteiger partial charge in [0.05, 0.1) is 5.69 Å². The molecule has 1 aromatic carbocycles. The fourth-order valence-electron chi connectivity index (χ4n) is 3.11. The van der Waals surface area contributed by atoms with E-state index < -0.39 is 0 Å². The molecular formula is C20H28N4O. The Balaban J connectivity index is 1.51. The largest absolute Gasteiger partial charge is 0.444 e. The molecule has 1 aliphatic heterocycles. The second-order valence-corrected chi connectivity index (χ2v) is 6.90. The third-order valence-electron chi connectivity index (χ3n) is 4.81. The number of aliphatic imine (C=N–C) groups is 1. The van der Waals surface area contributed by atoms with Crippen molar-refractivity contribution in [3.63, 3.8) is 0 Å². The summed E-state index contributed by atoms with van der Waals surface area (Å²) in [6, 6.07) is 8.24. The van der Waals surface area contributed by atoms with Gasteiger partial charge >= 0.3 is 0 Å². The highest BCUT2D eigenvalue weighted by Crippen LogP contribution is 2.19. The van der Waals surface area contributed by atoms with Crippen molar-refractivity contribution in [1.29, 1.82) is 0 Å². The van der Waals surface area contributed by atoms with Gasteiger partial charge in [-0.15, -0.1) is 0 Å². The number of nitrogens with zero attached hydrogens (tertiary/aromatic N) is 3. The first-order valence-corrected chi connectivity index (χ1v) is 9.12.